The maximum Gasteiger partial charge on any atom is 0.119 e. The normalized spacial score (nSPS) is 21.7. The summed E-state index contributed by atoms with van der Waals surface area (Å²) in [6, 6.07) is 16.9. The Kier molecular flexibility index (Phi) is 2.80. The van der Waals surface area contributed by atoms with Crippen LogP contribution in [-0.2, 0) is 6.42 Å². The highest BCUT2D eigenvalue weighted by Crippen LogP contribution is 2.38. The standard InChI is InChI=1S/C16H17NO/c1-18-13-8-7-12-9-15(17)16(14(12)10-13)11-5-3-2-4-6-11/h2-8,10,15-16H,9,17H2,1H3/t15-,16-/m0/s1. The van der Waals surface area contributed by atoms with Crippen LogP contribution in [-0.4, -0.2) is 13.2 Å². The highest BCUT2D eigenvalue weighted by molar-refractivity contribution is 5.48. The Hall–Kier alpha value is -1.80. The number of nitrogens with two attached hydrogens (primary N) is 1. The summed E-state index contributed by atoms with van der Waals surface area (Å²) in [7, 11) is 1.70. The van der Waals surface area contributed by atoms with Crippen LogP contribution >= 0.6 is 0 Å². The Bertz CT molecular complexity index is 550. The topological polar surface area (TPSA) is 35.2 Å². The quantitative estimate of drug-likeness (QED) is 0.874. The molecule has 2 atom stereocenters. The van der Waals surface area contributed by atoms with Crippen LogP contribution in [0.3, 0.4) is 0 Å². The van der Waals surface area contributed by atoms with Crippen molar-refractivity contribution in [3.63, 3.8) is 0 Å². The average Bonchev–Trinajstić information content (AvgIpc) is 2.74. The average molecular weight is 239 g/mol. The van der Waals surface area contributed by atoms with Gasteiger partial charge in [-0.1, -0.05) is 36.4 Å². The number of benzene rings is 2. The zero-order chi connectivity index (χ0) is 12.5. The largest absolute Gasteiger partial charge is 0.497 e. The van der Waals surface area contributed by atoms with E-state index in [4.69, 9.17) is 10.5 Å². The summed E-state index contributed by atoms with van der Waals surface area (Å²) >= 11 is 0. The molecule has 1 aliphatic rings. The predicted octanol–water partition coefficient (Wildman–Crippen LogP) is 2.71. The minimum Gasteiger partial charge on any atom is -0.497 e. The molecule has 0 heterocycles. The molecule has 2 nitrogen and oxygen atoms in total. The summed E-state index contributed by atoms with van der Waals surface area (Å²) < 4.78 is 5.32. The molecule has 0 aliphatic heterocycles. The van der Waals surface area contributed by atoms with Crippen LogP contribution < -0.4 is 10.5 Å². The maximum atomic E-state index is 6.31. The highest BCUT2D eigenvalue weighted by atomic mass is 16.5. The van der Waals surface area contributed by atoms with Crippen molar-refractivity contribution < 1.29 is 4.74 Å². The van der Waals surface area contributed by atoms with E-state index in [1.807, 2.05) is 12.1 Å². The Morgan fingerprint density at radius 1 is 1.11 bits per heavy atom. The third-order valence-electron chi connectivity index (χ3n) is 3.73. The van der Waals surface area contributed by atoms with Crippen LogP contribution in [0.15, 0.2) is 48.5 Å². The molecule has 3 rings (SSSR count). The van der Waals surface area contributed by atoms with Crippen LogP contribution in [0.4, 0.5) is 0 Å². The van der Waals surface area contributed by atoms with Crippen molar-refractivity contribution in [3.05, 3.63) is 65.2 Å². The van der Waals surface area contributed by atoms with Crippen LogP contribution in [0.5, 0.6) is 5.75 Å². The van der Waals surface area contributed by atoms with Gasteiger partial charge in [-0.05, 0) is 35.2 Å². The van der Waals surface area contributed by atoms with Crippen molar-refractivity contribution >= 4 is 0 Å². The van der Waals surface area contributed by atoms with Gasteiger partial charge in [-0.25, -0.2) is 0 Å². The second-order valence-corrected chi connectivity index (χ2v) is 4.82. The molecule has 0 saturated carbocycles. The first-order valence-corrected chi connectivity index (χ1v) is 6.27. The Labute approximate surface area is 107 Å². The van der Waals surface area contributed by atoms with E-state index in [2.05, 4.69) is 36.4 Å². The van der Waals surface area contributed by atoms with Gasteiger partial charge in [0.15, 0.2) is 0 Å². The molecule has 0 spiro atoms. The zero-order valence-corrected chi connectivity index (χ0v) is 10.5. The molecular weight excluding hydrogens is 222 g/mol. The molecule has 0 amide bonds. The first-order valence-electron chi connectivity index (χ1n) is 6.27. The highest BCUT2D eigenvalue weighted by Gasteiger charge is 2.31. The Morgan fingerprint density at radius 3 is 2.61 bits per heavy atom. The van der Waals surface area contributed by atoms with E-state index in [9.17, 15) is 0 Å². The van der Waals surface area contributed by atoms with Gasteiger partial charge in [0.05, 0.1) is 7.11 Å². The number of hydrogen-bond acceptors (Lipinski definition) is 2. The summed E-state index contributed by atoms with van der Waals surface area (Å²) in [5, 5.41) is 0. The zero-order valence-electron chi connectivity index (χ0n) is 10.5. The molecule has 0 fully saturated rings. The molecular formula is C16H17NO. The number of methoxy groups -OCH3 is 1. The van der Waals surface area contributed by atoms with Gasteiger partial charge in [0.1, 0.15) is 5.75 Å². The molecule has 18 heavy (non-hydrogen) atoms. The van der Waals surface area contributed by atoms with Crippen molar-refractivity contribution in [3.8, 4) is 5.75 Å². The van der Waals surface area contributed by atoms with E-state index in [0.29, 0.717) is 0 Å². The monoisotopic (exact) mass is 239 g/mol. The smallest absolute Gasteiger partial charge is 0.119 e. The van der Waals surface area contributed by atoms with Crippen LogP contribution in [0, 0.1) is 0 Å². The van der Waals surface area contributed by atoms with Gasteiger partial charge < -0.3 is 10.5 Å². The molecule has 2 aromatic rings. The fourth-order valence-corrected chi connectivity index (χ4v) is 2.86. The van der Waals surface area contributed by atoms with Gasteiger partial charge >= 0.3 is 0 Å². The summed E-state index contributed by atoms with van der Waals surface area (Å²) in [6.45, 7) is 0. The maximum absolute atomic E-state index is 6.31. The number of hydrogen-bond donors (Lipinski definition) is 1. The van der Waals surface area contributed by atoms with Crippen molar-refractivity contribution in [1.82, 2.24) is 0 Å². The van der Waals surface area contributed by atoms with E-state index in [0.717, 1.165) is 12.2 Å². The molecule has 0 aromatic heterocycles. The first-order chi connectivity index (χ1) is 8.79. The van der Waals surface area contributed by atoms with Crippen molar-refractivity contribution in [1.29, 1.82) is 0 Å². The first kappa shape index (κ1) is 11.3. The van der Waals surface area contributed by atoms with Gasteiger partial charge in [-0.3, -0.25) is 0 Å². The fraction of sp³-hybridized carbons (Fsp3) is 0.250. The number of ether oxygens (including phenoxy) is 1. The van der Waals surface area contributed by atoms with Crippen LogP contribution in [0.2, 0.25) is 0 Å². The molecule has 0 bridgehead atoms. The van der Waals surface area contributed by atoms with Gasteiger partial charge in [0, 0.05) is 12.0 Å². The van der Waals surface area contributed by atoms with Crippen molar-refractivity contribution in [2.45, 2.75) is 18.4 Å². The lowest BCUT2D eigenvalue weighted by Gasteiger charge is -2.17. The minimum absolute atomic E-state index is 0.162. The summed E-state index contributed by atoms with van der Waals surface area (Å²) in [6.07, 6.45) is 0.943. The van der Waals surface area contributed by atoms with E-state index in [-0.39, 0.29) is 12.0 Å². The lowest BCUT2D eigenvalue weighted by molar-refractivity contribution is 0.414. The second kappa shape index (κ2) is 4.46. The van der Waals surface area contributed by atoms with Crippen molar-refractivity contribution in [2.75, 3.05) is 7.11 Å². The van der Waals surface area contributed by atoms with Crippen LogP contribution in [0.25, 0.3) is 0 Å². The van der Waals surface area contributed by atoms with Gasteiger partial charge in [0.2, 0.25) is 0 Å². The summed E-state index contributed by atoms with van der Waals surface area (Å²) in [5.41, 5.74) is 10.3. The molecule has 0 radical (unpaired) electrons. The molecule has 0 unspecified atom stereocenters. The van der Waals surface area contributed by atoms with Gasteiger partial charge in [-0.15, -0.1) is 0 Å². The van der Waals surface area contributed by atoms with Crippen molar-refractivity contribution in [2.24, 2.45) is 5.73 Å². The van der Waals surface area contributed by atoms with Crippen LogP contribution in [0.1, 0.15) is 22.6 Å². The second-order valence-electron chi connectivity index (χ2n) is 4.82. The Balaban J connectivity index is 2.08. The van der Waals surface area contributed by atoms with E-state index in [1.165, 1.54) is 16.7 Å². The SMILES string of the molecule is COc1ccc2c(c1)[C@H](c1ccccc1)[C@@H](N)C2. The van der Waals surface area contributed by atoms with E-state index < -0.39 is 0 Å². The molecule has 1 aliphatic carbocycles. The predicted molar refractivity (Wildman–Crippen MR) is 73.0 cm³/mol. The van der Waals surface area contributed by atoms with E-state index >= 15 is 0 Å². The lowest BCUT2D eigenvalue weighted by Crippen LogP contribution is -2.25. The molecule has 92 valence electrons. The third kappa shape index (κ3) is 1.79. The van der Waals surface area contributed by atoms with Gasteiger partial charge in [0.25, 0.3) is 0 Å². The number of rotatable bonds is 2. The minimum atomic E-state index is 0.162. The van der Waals surface area contributed by atoms with E-state index in [1.54, 1.807) is 7.11 Å². The third-order valence-corrected chi connectivity index (χ3v) is 3.73. The Morgan fingerprint density at radius 2 is 1.89 bits per heavy atom. The molecule has 2 N–H and O–H groups in total. The lowest BCUT2D eigenvalue weighted by atomic mass is 9.90. The summed E-state index contributed by atoms with van der Waals surface area (Å²) in [5.74, 6) is 1.19. The molecule has 2 aromatic carbocycles. The molecule has 2 heteroatoms. The van der Waals surface area contributed by atoms with Gasteiger partial charge in [-0.2, -0.15) is 0 Å². The summed E-state index contributed by atoms with van der Waals surface area (Å²) in [4.78, 5) is 0. The fourth-order valence-electron chi connectivity index (χ4n) is 2.86. The number of fused-ring (bicyclic) bond motifs is 1. The molecule has 0 saturated heterocycles.